The van der Waals surface area contributed by atoms with Gasteiger partial charge in [-0.25, -0.2) is 4.79 Å². The number of carbonyl (C=O) groups excluding carboxylic acids is 1. The van der Waals surface area contributed by atoms with E-state index < -0.39 is 0 Å². The van der Waals surface area contributed by atoms with Gasteiger partial charge < -0.3 is 10.4 Å². The van der Waals surface area contributed by atoms with Crippen molar-refractivity contribution in [3.8, 4) is 5.75 Å². The standard InChI is InChI=1S/C16H18N2O2/c1-12-4-3-5-13(10-12)11-17-16(20)18(2)14-6-8-15(19)9-7-14/h3-10,19H,11H2,1-2H3,(H,17,20). The molecule has 2 aromatic rings. The number of aryl methyl sites for hydroxylation is 1. The van der Waals surface area contributed by atoms with Gasteiger partial charge in [0.25, 0.3) is 0 Å². The largest absolute Gasteiger partial charge is 0.508 e. The second-order valence-electron chi connectivity index (χ2n) is 4.72. The number of nitrogens with one attached hydrogen (secondary N) is 1. The van der Waals surface area contributed by atoms with E-state index in [-0.39, 0.29) is 11.8 Å². The number of carbonyl (C=O) groups is 1. The first-order chi connectivity index (χ1) is 9.56. The number of phenols is 1. The summed E-state index contributed by atoms with van der Waals surface area (Å²) in [7, 11) is 1.69. The highest BCUT2D eigenvalue weighted by molar-refractivity contribution is 5.91. The lowest BCUT2D eigenvalue weighted by Gasteiger charge is -2.18. The Balaban J connectivity index is 1.96. The second-order valence-corrected chi connectivity index (χ2v) is 4.72. The molecule has 104 valence electrons. The summed E-state index contributed by atoms with van der Waals surface area (Å²) in [5.41, 5.74) is 2.96. The van der Waals surface area contributed by atoms with Crippen molar-refractivity contribution >= 4 is 11.7 Å². The minimum absolute atomic E-state index is 0.183. The van der Waals surface area contributed by atoms with Gasteiger partial charge in [-0.1, -0.05) is 29.8 Å². The molecule has 0 aliphatic carbocycles. The lowest BCUT2D eigenvalue weighted by atomic mass is 10.1. The molecule has 0 aliphatic rings. The minimum Gasteiger partial charge on any atom is -0.508 e. The van der Waals surface area contributed by atoms with Gasteiger partial charge in [-0.05, 0) is 36.8 Å². The molecule has 0 fully saturated rings. The number of nitrogens with zero attached hydrogens (tertiary/aromatic N) is 1. The van der Waals surface area contributed by atoms with Crippen LogP contribution < -0.4 is 10.2 Å². The van der Waals surface area contributed by atoms with Crippen molar-refractivity contribution in [2.75, 3.05) is 11.9 Å². The smallest absolute Gasteiger partial charge is 0.321 e. The summed E-state index contributed by atoms with van der Waals surface area (Å²) in [5.74, 6) is 0.183. The molecule has 20 heavy (non-hydrogen) atoms. The molecule has 2 rings (SSSR count). The Morgan fingerprint density at radius 3 is 2.55 bits per heavy atom. The van der Waals surface area contributed by atoms with Gasteiger partial charge >= 0.3 is 6.03 Å². The molecule has 0 saturated carbocycles. The average molecular weight is 270 g/mol. The van der Waals surface area contributed by atoms with E-state index in [0.717, 1.165) is 11.3 Å². The summed E-state index contributed by atoms with van der Waals surface area (Å²) < 4.78 is 0. The first kappa shape index (κ1) is 13.9. The van der Waals surface area contributed by atoms with Crippen LogP contribution in [0.3, 0.4) is 0 Å². The third-order valence-corrected chi connectivity index (χ3v) is 3.07. The van der Waals surface area contributed by atoms with Gasteiger partial charge in [-0.15, -0.1) is 0 Å². The predicted molar refractivity (Wildman–Crippen MR) is 79.9 cm³/mol. The maximum absolute atomic E-state index is 12.0. The molecule has 0 bridgehead atoms. The van der Waals surface area contributed by atoms with E-state index in [1.165, 1.54) is 10.5 Å². The van der Waals surface area contributed by atoms with Crippen LogP contribution in [-0.2, 0) is 6.54 Å². The maximum Gasteiger partial charge on any atom is 0.321 e. The van der Waals surface area contributed by atoms with E-state index in [1.54, 1.807) is 31.3 Å². The monoisotopic (exact) mass is 270 g/mol. The first-order valence-corrected chi connectivity index (χ1v) is 6.42. The van der Waals surface area contributed by atoms with Gasteiger partial charge in [-0.3, -0.25) is 4.90 Å². The highest BCUT2D eigenvalue weighted by Crippen LogP contribution is 2.17. The fraction of sp³-hybridized carbons (Fsp3) is 0.188. The molecule has 2 N–H and O–H groups in total. The molecular formula is C16H18N2O2. The molecular weight excluding hydrogens is 252 g/mol. The maximum atomic E-state index is 12.0. The van der Waals surface area contributed by atoms with E-state index in [1.807, 2.05) is 31.2 Å². The third-order valence-electron chi connectivity index (χ3n) is 3.07. The summed E-state index contributed by atoms with van der Waals surface area (Å²) in [6, 6.07) is 14.3. The SMILES string of the molecule is Cc1cccc(CNC(=O)N(C)c2ccc(O)cc2)c1. The van der Waals surface area contributed by atoms with Crippen molar-refractivity contribution in [2.24, 2.45) is 0 Å². The number of anilines is 1. The fourth-order valence-corrected chi connectivity index (χ4v) is 1.91. The molecule has 0 aliphatic heterocycles. The summed E-state index contributed by atoms with van der Waals surface area (Å²) >= 11 is 0. The molecule has 2 aromatic carbocycles. The van der Waals surface area contributed by atoms with Gasteiger partial charge in [0.1, 0.15) is 5.75 Å². The quantitative estimate of drug-likeness (QED) is 0.900. The van der Waals surface area contributed by atoms with Crippen molar-refractivity contribution in [2.45, 2.75) is 13.5 Å². The van der Waals surface area contributed by atoms with Crippen LogP contribution in [0.4, 0.5) is 10.5 Å². The molecule has 0 radical (unpaired) electrons. The zero-order valence-corrected chi connectivity index (χ0v) is 11.6. The summed E-state index contributed by atoms with van der Waals surface area (Å²) in [5, 5.41) is 12.1. The first-order valence-electron chi connectivity index (χ1n) is 6.42. The van der Waals surface area contributed by atoms with Gasteiger partial charge in [0.15, 0.2) is 0 Å². The van der Waals surface area contributed by atoms with Crippen LogP contribution >= 0.6 is 0 Å². The molecule has 4 heteroatoms. The lowest BCUT2D eigenvalue weighted by molar-refractivity contribution is 0.247. The molecule has 0 unspecified atom stereocenters. The molecule has 4 nitrogen and oxygen atoms in total. The van der Waals surface area contributed by atoms with Crippen LogP contribution in [0, 0.1) is 6.92 Å². The fourth-order valence-electron chi connectivity index (χ4n) is 1.91. The van der Waals surface area contributed by atoms with Gasteiger partial charge in [0, 0.05) is 19.3 Å². The molecule has 0 aromatic heterocycles. The summed E-state index contributed by atoms with van der Waals surface area (Å²) in [6.45, 7) is 2.51. The zero-order chi connectivity index (χ0) is 14.5. The van der Waals surface area contributed by atoms with E-state index in [4.69, 9.17) is 0 Å². The van der Waals surface area contributed by atoms with E-state index in [9.17, 15) is 9.90 Å². The van der Waals surface area contributed by atoms with Crippen LogP contribution in [0.5, 0.6) is 5.75 Å². The Morgan fingerprint density at radius 1 is 1.20 bits per heavy atom. The van der Waals surface area contributed by atoms with Gasteiger partial charge in [0.2, 0.25) is 0 Å². The number of aromatic hydroxyl groups is 1. The number of amides is 2. The number of hydrogen-bond acceptors (Lipinski definition) is 2. The highest BCUT2D eigenvalue weighted by atomic mass is 16.3. The predicted octanol–water partition coefficient (Wildman–Crippen LogP) is 3.05. The minimum atomic E-state index is -0.183. The molecule has 0 heterocycles. The number of rotatable bonds is 3. The van der Waals surface area contributed by atoms with Crippen molar-refractivity contribution in [3.05, 3.63) is 59.7 Å². The Hall–Kier alpha value is -2.49. The average Bonchev–Trinajstić information content (AvgIpc) is 2.45. The van der Waals surface area contributed by atoms with Crippen molar-refractivity contribution in [1.82, 2.24) is 5.32 Å². The van der Waals surface area contributed by atoms with Crippen molar-refractivity contribution < 1.29 is 9.90 Å². The molecule has 0 saturated heterocycles. The van der Waals surface area contributed by atoms with Crippen LogP contribution in [0.1, 0.15) is 11.1 Å². The molecule has 0 spiro atoms. The van der Waals surface area contributed by atoms with Crippen LogP contribution in [-0.4, -0.2) is 18.2 Å². The summed E-state index contributed by atoms with van der Waals surface area (Å²) in [4.78, 5) is 13.5. The third kappa shape index (κ3) is 3.51. The number of benzene rings is 2. The Kier molecular flexibility index (Phi) is 4.25. The molecule has 0 atom stereocenters. The topological polar surface area (TPSA) is 52.6 Å². The highest BCUT2D eigenvalue weighted by Gasteiger charge is 2.10. The Bertz CT molecular complexity index is 594. The van der Waals surface area contributed by atoms with Crippen molar-refractivity contribution in [1.29, 1.82) is 0 Å². The summed E-state index contributed by atoms with van der Waals surface area (Å²) in [6.07, 6.45) is 0. The number of hydrogen-bond donors (Lipinski definition) is 2. The molecule has 2 amide bonds. The number of urea groups is 1. The number of phenolic OH excluding ortho intramolecular Hbond substituents is 1. The van der Waals surface area contributed by atoms with Crippen LogP contribution in [0.25, 0.3) is 0 Å². The van der Waals surface area contributed by atoms with Crippen LogP contribution in [0.2, 0.25) is 0 Å². The van der Waals surface area contributed by atoms with E-state index >= 15 is 0 Å². The van der Waals surface area contributed by atoms with Crippen LogP contribution in [0.15, 0.2) is 48.5 Å². The van der Waals surface area contributed by atoms with Crippen molar-refractivity contribution in [3.63, 3.8) is 0 Å². The van der Waals surface area contributed by atoms with E-state index in [0.29, 0.717) is 6.54 Å². The Morgan fingerprint density at radius 2 is 1.90 bits per heavy atom. The zero-order valence-electron chi connectivity index (χ0n) is 11.6. The second kappa shape index (κ2) is 6.10. The normalized spacial score (nSPS) is 10.1. The lowest BCUT2D eigenvalue weighted by Crippen LogP contribution is -2.36. The van der Waals surface area contributed by atoms with E-state index in [2.05, 4.69) is 5.32 Å². The Labute approximate surface area is 118 Å². The van der Waals surface area contributed by atoms with Gasteiger partial charge in [0.05, 0.1) is 0 Å². The van der Waals surface area contributed by atoms with Gasteiger partial charge in [-0.2, -0.15) is 0 Å².